The van der Waals surface area contributed by atoms with Crippen molar-refractivity contribution in [2.75, 3.05) is 20.2 Å². The predicted molar refractivity (Wildman–Crippen MR) is 90.2 cm³/mol. The van der Waals surface area contributed by atoms with Crippen molar-refractivity contribution in [2.24, 2.45) is 0 Å². The molecule has 6 nitrogen and oxygen atoms in total. The minimum atomic E-state index is -0.673. The number of carbonyl (C=O) groups is 2. The molecule has 0 aliphatic carbocycles. The lowest BCUT2D eigenvalue weighted by atomic mass is 10.2. The Labute approximate surface area is 145 Å². The van der Waals surface area contributed by atoms with Crippen LogP contribution in [0.5, 0.6) is 5.75 Å². The first-order chi connectivity index (χ1) is 11.5. The Morgan fingerprint density at radius 3 is 2.71 bits per heavy atom. The van der Waals surface area contributed by atoms with Gasteiger partial charge in [-0.15, -0.1) is 0 Å². The van der Waals surface area contributed by atoms with Gasteiger partial charge in [0.15, 0.2) is 5.76 Å². The summed E-state index contributed by atoms with van der Waals surface area (Å²) >= 11 is 6.00. The molecule has 0 unspecified atom stereocenters. The second-order valence-electron chi connectivity index (χ2n) is 5.21. The van der Waals surface area contributed by atoms with Crippen molar-refractivity contribution in [3.63, 3.8) is 0 Å². The fraction of sp³-hybridized carbons (Fsp3) is 0.294. The highest BCUT2D eigenvalue weighted by Crippen LogP contribution is 2.22. The molecule has 0 fully saturated rings. The van der Waals surface area contributed by atoms with E-state index < -0.39 is 11.9 Å². The van der Waals surface area contributed by atoms with Crippen LogP contribution in [-0.4, -0.2) is 43.0 Å². The molecule has 0 radical (unpaired) electrons. The van der Waals surface area contributed by atoms with Gasteiger partial charge in [-0.3, -0.25) is 9.59 Å². The summed E-state index contributed by atoms with van der Waals surface area (Å²) in [7, 11) is 1.65. The summed E-state index contributed by atoms with van der Waals surface area (Å²) in [6.45, 7) is 2.28. The van der Waals surface area contributed by atoms with Gasteiger partial charge in [-0.1, -0.05) is 23.7 Å². The average molecular weight is 351 g/mol. The van der Waals surface area contributed by atoms with E-state index in [-0.39, 0.29) is 11.7 Å². The Hall–Kier alpha value is -2.47. The number of amides is 2. The van der Waals surface area contributed by atoms with Gasteiger partial charge in [0, 0.05) is 7.05 Å². The number of halogens is 1. The molecular formula is C17H19ClN2O4. The molecule has 0 aliphatic rings. The maximum absolute atomic E-state index is 12.3. The highest BCUT2D eigenvalue weighted by molar-refractivity contribution is 6.32. The molecule has 1 heterocycles. The SMILES string of the molecule is C[C@H](NC(=O)c1ccco1)C(=O)N(C)CCOc1ccccc1Cl. The van der Waals surface area contributed by atoms with E-state index in [1.54, 1.807) is 32.2 Å². The molecule has 1 aromatic heterocycles. The van der Waals surface area contributed by atoms with Gasteiger partial charge in [-0.05, 0) is 31.2 Å². The third-order valence-corrected chi connectivity index (χ3v) is 3.67. The van der Waals surface area contributed by atoms with E-state index in [2.05, 4.69) is 5.32 Å². The van der Waals surface area contributed by atoms with Crippen molar-refractivity contribution in [3.8, 4) is 5.75 Å². The summed E-state index contributed by atoms with van der Waals surface area (Å²) < 4.78 is 10.5. The maximum atomic E-state index is 12.3. The van der Waals surface area contributed by atoms with Crippen molar-refractivity contribution >= 4 is 23.4 Å². The molecule has 2 aromatic rings. The van der Waals surface area contributed by atoms with Gasteiger partial charge in [-0.25, -0.2) is 0 Å². The average Bonchev–Trinajstić information content (AvgIpc) is 3.10. The second kappa shape index (κ2) is 8.40. The number of benzene rings is 1. The summed E-state index contributed by atoms with van der Waals surface area (Å²) in [6.07, 6.45) is 1.40. The number of rotatable bonds is 7. The molecule has 24 heavy (non-hydrogen) atoms. The molecule has 0 aliphatic heterocycles. The fourth-order valence-electron chi connectivity index (χ4n) is 2.03. The fourth-order valence-corrected chi connectivity index (χ4v) is 2.22. The summed E-state index contributed by atoms with van der Waals surface area (Å²) in [5.74, 6) is 0.0813. The van der Waals surface area contributed by atoms with Crippen molar-refractivity contribution in [2.45, 2.75) is 13.0 Å². The van der Waals surface area contributed by atoms with Crippen molar-refractivity contribution in [1.82, 2.24) is 10.2 Å². The lowest BCUT2D eigenvalue weighted by molar-refractivity contribution is -0.131. The van der Waals surface area contributed by atoms with E-state index in [1.807, 2.05) is 12.1 Å². The minimum Gasteiger partial charge on any atom is -0.490 e. The number of hydrogen-bond acceptors (Lipinski definition) is 4. The van der Waals surface area contributed by atoms with Crippen LogP contribution in [0.1, 0.15) is 17.5 Å². The molecule has 2 amide bonds. The molecular weight excluding hydrogens is 332 g/mol. The van der Waals surface area contributed by atoms with Gasteiger partial charge in [0.05, 0.1) is 17.8 Å². The van der Waals surface area contributed by atoms with Gasteiger partial charge in [0.2, 0.25) is 5.91 Å². The van der Waals surface area contributed by atoms with Crippen LogP contribution in [0.4, 0.5) is 0 Å². The Morgan fingerprint density at radius 2 is 2.04 bits per heavy atom. The minimum absolute atomic E-state index is 0.166. The Kier molecular flexibility index (Phi) is 6.26. The first-order valence-electron chi connectivity index (χ1n) is 7.45. The van der Waals surface area contributed by atoms with Crippen molar-refractivity contribution in [1.29, 1.82) is 0 Å². The summed E-state index contributed by atoms with van der Waals surface area (Å²) in [5, 5.41) is 3.11. The number of nitrogens with one attached hydrogen (secondary N) is 1. The van der Waals surface area contributed by atoms with Crippen molar-refractivity contribution < 1.29 is 18.7 Å². The van der Waals surface area contributed by atoms with Gasteiger partial charge in [0.25, 0.3) is 5.91 Å². The number of para-hydroxylation sites is 1. The quantitative estimate of drug-likeness (QED) is 0.833. The first-order valence-corrected chi connectivity index (χ1v) is 7.83. The van der Waals surface area contributed by atoms with E-state index in [0.29, 0.717) is 23.9 Å². The van der Waals surface area contributed by atoms with Crippen molar-refractivity contribution in [3.05, 3.63) is 53.4 Å². The monoisotopic (exact) mass is 350 g/mol. The third kappa shape index (κ3) is 4.76. The number of likely N-dealkylation sites (N-methyl/N-ethyl adjacent to an activating group) is 1. The Bertz CT molecular complexity index is 688. The number of nitrogens with zero attached hydrogens (tertiary/aromatic N) is 1. The van der Waals surface area contributed by atoms with Crippen LogP contribution in [0.2, 0.25) is 5.02 Å². The zero-order valence-corrected chi connectivity index (χ0v) is 14.2. The smallest absolute Gasteiger partial charge is 0.287 e. The second-order valence-corrected chi connectivity index (χ2v) is 5.62. The van der Waals surface area contributed by atoms with E-state index in [1.165, 1.54) is 17.2 Å². The zero-order valence-electron chi connectivity index (χ0n) is 13.5. The Balaban J connectivity index is 1.79. The number of ether oxygens (including phenoxy) is 1. The van der Waals surface area contributed by atoms with Crippen LogP contribution >= 0.6 is 11.6 Å². The third-order valence-electron chi connectivity index (χ3n) is 3.36. The number of hydrogen-bond donors (Lipinski definition) is 1. The molecule has 0 spiro atoms. The molecule has 1 aromatic carbocycles. The molecule has 0 saturated carbocycles. The van der Waals surface area contributed by atoms with Crippen LogP contribution in [0.3, 0.4) is 0 Å². The predicted octanol–water partition coefficient (Wildman–Crippen LogP) is 2.59. The molecule has 7 heteroatoms. The molecule has 0 saturated heterocycles. The van der Waals surface area contributed by atoms with Gasteiger partial charge < -0.3 is 19.4 Å². The lowest BCUT2D eigenvalue weighted by Gasteiger charge is -2.22. The zero-order chi connectivity index (χ0) is 17.5. The number of carbonyl (C=O) groups excluding carboxylic acids is 2. The Morgan fingerprint density at radius 1 is 1.29 bits per heavy atom. The molecule has 2 rings (SSSR count). The normalized spacial score (nSPS) is 11.6. The number of furan rings is 1. The summed E-state index contributed by atoms with van der Waals surface area (Å²) in [4.78, 5) is 25.6. The molecule has 128 valence electrons. The van der Waals surface area contributed by atoms with E-state index in [0.717, 1.165) is 0 Å². The van der Waals surface area contributed by atoms with E-state index in [9.17, 15) is 9.59 Å². The highest BCUT2D eigenvalue weighted by atomic mass is 35.5. The largest absolute Gasteiger partial charge is 0.490 e. The van der Waals surface area contributed by atoms with Crippen LogP contribution < -0.4 is 10.1 Å². The molecule has 0 bridgehead atoms. The maximum Gasteiger partial charge on any atom is 0.287 e. The van der Waals surface area contributed by atoms with Gasteiger partial charge >= 0.3 is 0 Å². The summed E-state index contributed by atoms with van der Waals surface area (Å²) in [5.41, 5.74) is 0. The first kappa shape index (κ1) is 17.9. The van der Waals surface area contributed by atoms with Crippen LogP contribution in [-0.2, 0) is 4.79 Å². The van der Waals surface area contributed by atoms with Gasteiger partial charge in [0.1, 0.15) is 18.4 Å². The molecule has 1 N–H and O–H groups in total. The highest BCUT2D eigenvalue weighted by Gasteiger charge is 2.21. The molecule has 1 atom stereocenters. The van der Waals surface area contributed by atoms with Crippen LogP contribution in [0, 0.1) is 0 Å². The summed E-state index contributed by atoms with van der Waals surface area (Å²) in [6, 6.07) is 9.60. The van der Waals surface area contributed by atoms with Gasteiger partial charge in [-0.2, -0.15) is 0 Å². The lowest BCUT2D eigenvalue weighted by Crippen LogP contribution is -2.46. The van der Waals surface area contributed by atoms with E-state index >= 15 is 0 Å². The van der Waals surface area contributed by atoms with Crippen LogP contribution in [0.15, 0.2) is 47.1 Å². The van der Waals surface area contributed by atoms with Crippen LogP contribution in [0.25, 0.3) is 0 Å². The topological polar surface area (TPSA) is 71.8 Å². The van der Waals surface area contributed by atoms with E-state index in [4.69, 9.17) is 20.8 Å². The standard InChI is InChI=1S/C17H19ClN2O4/c1-12(19-16(21)15-8-5-10-23-15)17(22)20(2)9-11-24-14-7-4-3-6-13(14)18/h3-8,10,12H,9,11H2,1-2H3,(H,19,21)/t12-/m0/s1.